The normalized spacial score (nSPS) is 34.1. The second-order valence-corrected chi connectivity index (χ2v) is 21.1. The summed E-state index contributed by atoms with van der Waals surface area (Å²) < 4.78 is 37.5. The molecule has 69 heavy (non-hydrogen) atoms. The zero-order chi connectivity index (χ0) is 49.1. The topological polar surface area (TPSA) is 224 Å². The second-order valence-electron chi connectivity index (χ2n) is 21.1. The zero-order valence-corrected chi connectivity index (χ0v) is 40.5. The highest BCUT2D eigenvalue weighted by Crippen LogP contribution is 2.74. The monoisotopic (exact) mass is 948 g/mol. The third kappa shape index (κ3) is 7.10. The van der Waals surface area contributed by atoms with E-state index in [1.54, 1.807) is 13.0 Å². The summed E-state index contributed by atoms with van der Waals surface area (Å²) >= 11 is 0. The average Bonchev–Trinajstić information content (AvgIpc) is 3.75. The van der Waals surface area contributed by atoms with E-state index >= 15 is 4.79 Å². The highest BCUT2D eigenvalue weighted by atomic mass is 16.7. The van der Waals surface area contributed by atoms with Crippen molar-refractivity contribution in [3.05, 3.63) is 82.0 Å². The van der Waals surface area contributed by atoms with Gasteiger partial charge in [0.25, 0.3) is 0 Å². The number of imidazole rings is 1. The number of aliphatic imine (C=N–C) groups is 1. The Bertz CT molecular complexity index is 2780. The van der Waals surface area contributed by atoms with Gasteiger partial charge in [-0.3, -0.25) is 9.59 Å². The van der Waals surface area contributed by atoms with E-state index in [2.05, 4.69) is 35.9 Å². The molecule has 1 spiro atoms. The molecule has 0 radical (unpaired) electrons. The predicted octanol–water partition coefficient (Wildman–Crippen LogP) is 5.27. The first-order valence-electron chi connectivity index (χ1n) is 24.2. The molecular weight excluding hydrogens is 885 g/mol. The van der Waals surface area contributed by atoms with Gasteiger partial charge in [-0.1, -0.05) is 41.5 Å². The Labute approximate surface area is 401 Å². The molecule has 1 amide bonds. The number of rotatable bonds is 13. The number of hydrogen-bond donors (Lipinski definition) is 6. The van der Waals surface area contributed by atoms with Crippen LogP contribution in [0.15, 0.2) is 70.3 Å². The maximum atomic E-state index is 16.0. The Morgan fingerprint density at radius 2 is 1.72 bits per heavy atom. The van der Waals surface area contributed by atoms with Crippen LogP contribution in [0.4, 0.5) is 5.95 Å². The first-order valence-corrected chi connectivity index (χ1v) is 24.2. The van der Waals surface area contributed by atoms with Crippen LogP contribution in [0.2, 0.25) is 0 Å². The number of hydrogen-bond acceptors (Lipinski definition) is 14. The van der Waals surface area contributed by atoms with Crippen molar-refractivity contribution in [2.75, 3.05) is 19.8 Å². The summed E-state index contributed by atoms with van der Waals surface area (Å²) in [6, 6.07) is 7.17. The van der Waals surface area contributed by atoms with Crippen molar-refractivity contribution in [1.29, 1.82) is 0 Å². The highest BCUT2D eigenvalue weighted by Gasteiger charge is 2.86. The van der Waals surface area contributed by atoms with Crippen LogP contribution in [-0.2, 0) is 25.5 Å². The molecular formula is C53H64N4O12. The molecule has 6 N–H and O–H groups in total. The summed E-state index contributed by atoms with van der Waals surface area (Å²) in [6.07, 6.45) is 4.00. The lowest BCUT2D eigenvalue weighted by molar-refractivity contribution is -0.277. The molecule has 5 aliphatic heterocycles. The number of nitrogens with zero attached hydrogens (tertiary/aromatic N) is 3. The van der Waals surface area contributed by atoms with Crippen LogP contribution in [0.3, 0.4) is 0 Å². The van der Waals surface area contributed by atoms with Gasteiger partial charge in [0.15, 0.2) is 17.0 Å². The lowest BCUT2D eigenvalue weighted by Crippen LogP contribution is -2.79. The Kier molecular flexibility index (Phi) is 11.7. The van der Waals surface area contributed by atoms with Crippen molar-refractivity contribution in [3.63, 3.8) is 0 Å². The Balaban J connectivity index is 1.29. The van der Waals surface area contributed by atoms with Crippen molar-refractivity contribution in [2.24, 2.45) is 22.7 Å². The van der Waals surface area contributed by atoms with E-state index in [4.69, 9.17) is 33.7 Å². The van der Waals surface area contributed by atoms with Gasteiger partial charge >= 0.3 is 0 Å². The molecule has 6 heterocycles. The van der Waals surface area contributed by atoms with Crippen LogP contribution in [0.5, 0.6) is 17.2 Å². The first-order chi connectivity index (χ1) is 32.8. The van der Waals surface area contributed by atoms with Crippen LogP contribution in [-0.4, -0.2) is 125 Å². The fraction of sp³-hybridized carbons (Fsp3) is 0.547. The number of ketones is 1. The van der Waals surface area contributed by atoms with E-state index in [-0.39, 0.29) is 37.0 Å². The van der Waals surface area contributed by atoms with Crippen molar-refractivity contribution in [3.8, 4) is 17.2 Å². The summed E-state index contributed by atoms with van der Waals surface area (Å²) in [5.41, 5.74) is 1.31. The second kappa shape index (κ2) is 17.0. The molecule has 3 aromatic rings. The largest absolute Gasteiger partial charge is 0.482 e. The number of aromatic nitrogens is 2. The summed E-state index contributed by atoms with van der Waals surface area (Å²) in [6.45, 7) is 15.0. The number of para-hydroxylation sites is 2. The number of carbonyl (C=O) groups is 2. The highest BCUT2D eigenvalue weighted by molar-refractivity contribution is 6.15. The van der Waals surface area contributed by atoms with Crippen LogP contribution in [0.25, 0.3) is 17.1 Å². The molecule has 8 aliphatic rings. The van der Waals surface area contributed by atoms with Gasteiger partial charge in [0.2, 0.25) is 18.1 Å². The fourth-order valence-electron chi connectivity index (χ4n) is 12.5. The van der Waals surface area contributed by atoms with Crippen LogP contribution >= 0.6 is 0 Å². The minimum Gasteiger partial charge on any atom is -0.482 e. The molecule has 11 rings (SSSR count). The maximum Gasteiger partial charge on any atom is 0.246 e. The van der Waals surface area contributed by atoms with Crippen molar-refractivity contribution in [1.82, 2.24) is 14.9 Å². The molecule has 2 saturated heterocycles. The zero-order valence-electron chi connectivity index (χ0n) is 40.5. The lowest BCUT2D eigenvalue weighted by Gasteiger charge is -2.64. The third-order valence-corrected chi connectivity index (χ3v) is 15.7. The van der Waals surface area contributed by atoms with E-state index < -0.39 is 83.5 Å². The SMILES string of the molecule is CC(C)=CCCC1(C)C=Cc2c(c(CC=C(C)C)c3c(c2O[C@@H]2O[C@H](CO)[C@@H](O)[C@H](O)[C@H]2O)C2=Nc4nc5ccccc5n4C4C5CC6C(C)(C)OC(CC=C(C)C(=O)NCCO)(C5=O)C6(O3)C24)O1. The average molecular weight is 949 g/mol. The Morgan fingerprint density at radius 3 is 2.45 bits per heavy atom. The minimum absolute atomic E-state index is 0.00580. The van der Waals surface area contributed by atoms with E-state index in [1.807, 2.05) is 71.0 Å². The number of amides is 1. The van der Waals surface area contributed by atoms with E-state index in [9.17, 15) is 30.3 Å². The van der Waals surface area contributed by atoms with Gasteiger partial charge in [0.1, 0.15) is 47.3 Å². The molecule has 7 unspecified atom stereocenters. The number of allylic oxidation sites excluding steroid dienone is 4. The maximum absolute atomic E-state index is 16.0. The summed E-state index contributed by atoms with van der Waals surface area (Å²) in [4.78, 5) is 39.9. The van der Waals surface area contributed by atoms with Gasteiger partial charge < -0.3 is 59.1 Å². The van der Waals surface area contributed by atoms with Crippen LogP contribution in [0, 0.1) is 17.8 Å². The number of ether oxygens (including phenoxy) is 5. The van der Waals surface area contributed by atoms with Crippen LogP contribution in [0.1, 0.15) is 104 Å². The van der Waals surface area contributed by atoms with Gasteiger partial charge in [0, 0.05) is 35.9 Å². The van der Waals surface area contributed by atoms with Crippen molar-refractivity contribution in [2.45, 2.75) is 147 Å². The van der Waals surface area contributed by atoms with E-state index in [0.29, 0.717) is 70.2 Å². The van der Waals surface area contributed by atoms with E-state index in [1.165, 1.54) is 5.57 Å². The van der Waals surface area contributed by atoms with Gasteiger partial charge in [-0.05, 0) is 105 Å². The van der Waals surface area contributed by atoms with Gasteiger partial charge in [0.05, 0.1) is 58.6 Å². The molecule has 368 valence electrons. The number of aliphatic hydroxyl groups is 5. The smallest absolute Gasteiger partial charge is 0.246 e. The molecule has 5 fully saturated rings. The standard InChI is InChI=1S/C53H64N4O12/c1-26(2)12-11-19-51(8)20-18-30-43(67-51)29(16-15-27(3)4)45-36(44(30)66-48-42(62)41(61)40(60)34(25-59)65-48)38-37-39(57-33-14-10-9-13-32(33)55-49(57)56-38)31-24-35-50(6,7)69-52(46(31)63,53(35,37)68-45)21-17-28(5)47(64)54-22-23-58/h9-10,12-15,17-18,20,31,34-35,37,39-42,48,58-62H,11,16,19,21-25H2,1-8H3,(H,54,64)/t31?,34-,35?,37?,39?,40-,41+,42-,48+,51?,52?,53?/m1/s1. The van der Waals surface area contributed by atoms with Crippen molar-refractivity contribution >= 4 is 40.5 Å². The summed E-state index contributed by atoms with van der Waals surface area (Å²) in [5.74, 6) is -0.909. The third-order valence-electron chi connectivity index (χ3n) is 15.7. The minimum atomic E-state index is -1.76. The number of aliphatic hydroxyl groups excluding tert-OH is 5. The van der Waals surface area contributed by atoms with Gasteiger partial charge in [-0.15, -0.1) is 0 Å². The molecule has 16 nitrogen and oxygen atoms in total. The molecule has 1 aromatic heterocycles. The number of Topliss-reactive ketones (excluding diaryl/α,β-unsaturated/α-hetero) is 1. The molecule has 3 saturated carbocycles. The molecule has 12 atom stereocenters. The number of nitrogens with one attached hydrogen (secondary N) is 1. The lowest BCUT2D eigenvalue weighted by atomic mass is 9.44. The molecule has 3 aliphatic carbocycles. The number of benzene rings is 2. The quantitative estimate of drug-likeness (QED) is 0.0951. The molecule has 4 bridgehead atoms. The van der Waals surface area contributed by atoms with Crippen molar-refractivity contribution < 1.29 is 58.8 Å². The first kappa shape index (κ1) is 47.5. The predicted molar refractivity (Wildman–Crippen MR) is 255 cm³/mol. The summed E-state index contributed by atoms with van der Waals surface area (Å²) in [7, 11) is 0. The van der Waals surface area contributed by atoms with Crippen LogP contribution < -0.4 is 19.5 Å². The molecule has 2 aromatic carbocycles. The van der Waals surface area contributed by atoms with Gasteiger partial charge in [-0.25, -0.2) is 9.98 Å². The van der Waals surface area contributed by atoms with Gasteiger partial charge in [-0.2, -0.15) is 0 Å². The number of carbonyl (C=O) groups excluding carboxylic acids is 2. The molecule has 16 heteroatoms. The number of fused-ring (bicyclic) bond motifs is 6. The fourth-order valence-corrected chi connectivity index (χ4v) is 12.5. The Morgan fingerprint density at radius 1 is 0.971 bits per heavy atom. The Hall–Kier alpha value is -5.20. The summed E-state index contributed by atoms with van der Waals surface area (Å²) in [5, 5.41) is 56.1. The van der Waals surface area contributed by atoms with E-state index in [0.717, 1.165) is 17.5 Å².